The number of halogens is 3. The van der Waals surface area contributed by atoms with E-state index in [1.54, 1.807) is 45.3 Å². The van der Waals surface area contributed by atoms with Gasteiger partial charge in [0.25, 0.3) is 29.5 Å². The molecular weight excluding hydrogens is 1660 g/mol. The van der Waals surface area contributed by atoms with Gasteiger partial charge in [0.2, 0.25) is 0 Å². The molecule has 2 N–H and O–H groups in total. The SMILES string of the molecule is C[Si](C)(C)CCCI.C[Si](C)(C)CCCN1C(=O)C2=C(c3ccc(Br)s3)N(CCC[Si](C)(C)C)C(=O)C2=C1c1ccc(Br)s1.C[Si](C)(C)CCCN1C(=O)C2=C(c3cccs3)N(CCC[Si](C)(C)C)C(=O)C2=C1c1cccs1.O=C1N=C(c2cccs2)c2c(O)[nH]c(-c3cccs3)c21. The van der Waals surface area contributed by atoms with Crippen LogP contribution in [0.3, 0.4) is 0 Å². The molecule has 12 heterocycles. The maximum Gasteiger partial charge on any atom is 0.280 e. The number of amides is 5. The minimum absolute atomic E-state index is 0.00130. The largest absolute Gasteiger partial charge is 0.494 e. The molecule has 26 heteroatoms. The molecule has 0 unspecified atom stereocenters. The van der Waals surface area contributed by atoms with Crippen LogP contribution in [-0.4, -0.2) is 136 Å². The zero-order valence-electron chi connectivity index (χ0n) is 59.2. The molecular formula is C72H93Br2IN6O6S6Si5. The number of carbonyl (C=O) groups excluding carboxylic acids is 5. The molecule has 12 nitrogen and oxygen atoms in total. The summed E-state index contributed by atoms with van der Waals surface area (Å²) in [6, 6.07) is 29.9. The Morgan fingerprint density at radius 3 is 1.00 bits per heavy atom. The van der Waals surface area contributed by atoms with Crippen molar-refractivity contribution >= 4 is 221 Å². The van der Waals surface area contributed by atoms with E-state index in [4.69, 9.17) is 0 Å². The highest BCUT2D eigenvalue weighted by atomic mass is 127. The van der Waals surface area contributed by atoms with Crippen molar-refractivity contribution in [2.75, 3.05) is 30.6 Å². The normalized spacial score (nSPS) is 15.8. The third-order valence-corrected chi connectivity index (χ3v) is 33.8. The Bertz CT molecular complexity index is 4010. The molecule has 7 aromatic rings. The van der Waals surface area contributed by atoms with Gasteiger partial charge in [-0.15, -0.1) is 68.0 Å². The lowest BCUT2D eigenvalue weighted by Crippen LogP contribution is -2.32. The minimum atomic E-state index is -1.24. The highest BCUT2D eigenvalue weighted by Crippen LogP contribution is 2.51. The molecule has 98 heavy (non-hydrogen) atoms. The third-order valence-electron chi connectivity index (χ3n) is 16.9. The van der Waals surface area contributed by atoms with Crippen LogP contribution in [0.5, 0.6) is 5.88 Å². The van der Waals surface area contributed by atoms with E-state index in [2.05, 4.69) is 163 Å². The van der Waals surface area contributed by atoms with E-state index >= 15 is 0 Å². The summed E-state index contributed by atoms with van der Waals surface area (Å²) >= 11 is 19.0. The van der Waals surface area contributed by atoms with Crippen molar-refractivity contribution in [3.63, 3.8) is 0 Å². The molecule has 0 bridgehead atoms. The Balaban J connectivity index is 0.000000167. The summed E-state index contributed by atoms with van der Waals surface area (Å²) in [6.45, 7) is 38.3. The van der Waals surface area contributed by atoms with Crippen LogP contribution in [0.25, 0.3) is 33.4 Å². The highest BCUT2D eigenvalue weighted by molar-refractivity contribution is 14.1. The van der Waals surface area contributed by atoms with Crippen molar-refractivity contribution in [3.8, 4) is 16.5 Å². The molecule has 524 valence electrons. The Kier molecular flexibility index (Phi) is 26.3. The monoisotopic (exact) mass is 1750 g/mol. The highest BCUT2D eigenvalue weighted by Gasteiger charge is 2.51. The van der Waals surface area contributed by atoms with Gasteiger partial charge >= 0.3 is 0 Å². The van der Waals surface area contributed by atoms with E-state index in [1.807, 2.05) is 114 Å². The fourth-order valence-electron chi connectivity index (χ4n) is 12.4. The summed E-state index contributed by atoms with van der Waals surface area (Å²) in [7, 11) is -5.59. The van der Waals surface area contributed by atoms with Gasteiger partial charge < -0.3 is 29.7 Å². The molecule has 5 amide bonds. The number of alkyl halides is 1. The lowest BCUT2D eigenvalue weighted by atomic mass is 10.1. The molecule has 0 atom stereocenters. The number of thiophene rings is 6. The van der Waals surface area contributed by atoms with Gasteiger partial charge in [0.1, 0.15) is 0 Å². The van der Waals surface area contributed by atoms with Crippen molar-refractivity contribution in [1.82, 2.24) is 24.6 Å². The molecule has 0 aromatic carbocycles. The fraction of sp³-hybridized carbons (Fsp3) is 0.417. The third kappa shape index (κ3) is 19.3. The van der Waals surface area contributed by atoms with Crippen LogP contribution in [0, 0.1) is 0 Å². The molecule has 0 saturated heterocycles. The molecule has 0 saturated carbocycles. The van der Waals surface area contributed by atoms with Crippen LogP contribution in [0.1, 0.15) is 72.4 Å². The van der Waals surface area contributed by atoms with Crippen molar-refractivity contribution in [1.29, 1.82) is 0 Å². The first-order chi connectivity index (χ1) is 46.1. The first-order valence-electron chi connectivity index (χ1n) is 33.6. The number of aliphatic imine (C=N–C) groups is 1. The second-order valence-corrected chi connectivity index (χ2v) is 69.1. The van der Waals surface area contributed by atoms with E-state index in [-0.39, 0.29) is 35.4 Å². The summed E-state index contributed by atoms with van der Waals surface area (Å²) in [4.78, 5) is 88.6. The summed E-state index contributed by atoms with van der Waals surface area (Å²) < 4.78 is 3.33. The molecule has 5 aliphatic rings. The number of carbonyl (C=O) groups is 5. The number of nitrogens with one attached hydrogen (secondary N) is 1. The van der Waals surface area contributed by atoms with Gasteiger partial charge in [-0.25, -0.2) is 4.99 Å². The Morgan fingerprint density at radius 2 is 0.724 bits per heavy atom. The predicted octanol–water partition coefficient (Wildman–Crippen LogP) is 22.3. The summed E-state index contributed by atoms with van der Waals surface area (Å²) in [5.74, 6) is -0.358. The number of rotatable bonds is 25. The predicted molar refractivity (Wildman–Crippen MR) is 450 cm³/mol. The Labute approximate surface area is 640 Å². The molecule has 0 fully saturated rings. The summed E-state index contributed by atoms with van der Waals surface area (Å²) in [5, 5.41) is 18.1. The topological polar surface area (TPSA) is 147 Å². The lowest BCUT2D eigenvalue weighted by molar-refractivity contribution is -0.124. The van der Waals surface area contributed by atoms with Crippen molar-refractivity contribution in [2.24, 2.45) is 4.99 Å². The zero-order chi connectivity index (χ0) is 71.4. The van der Waals surface area contributed by atoms with Crippen LogP contribution >= 0.6 is 122 Å². The van der Waals surface area contributed by atoms with Crippen LogP contribution in [0.15, 0.2) is 129 Å². The first-order valence-corrected chi connectivity index (χ1v) is 60.4. The number of aromatic amines is 1. The van der Waals surface area contributed by atoms with Crippen LogP contribution in [0.4, 0.5) is 0 Å². The first kappa shape index (κ1) is 78.4. The molecule has 5 aliphatic heterocycles. The molecule has 0 radical (unpaired) electrons. The minimum Gasteiger partial charge on any atom is -0.494 e. The van der Waals surface area contributed by atoms with Crippen molar-refractivity contribution in [3.05, 3.63) is 160 Å². The van der Waals surface area contributed by atoms with Gasteiger partial charge in [-0.3, -0.25) is 24.0 Å². The smallest absolute Gasteiger partial charge is 0.280 e. The number of hydrogen-bond donors (Lipinski definition) is 2. The molecule has 12 rings (SSSR count). The average molecular weight is 1760 g/mol. The Morgan fingerprint density at radius 1 is 0.418 bits per heavy atom. The van der Waals surface area contributed by atoms with Gasteiger partial charge in [-0.2, -0.15) is 0 Å². The van der Waals surface area contributed by atoms with Gasteiger partial charge in [0.05, 0.1) is 104 Å². The van der Waals surface area contributed by atoms with Gasteiger partial charge in [-0.1, -0.05) is 175 Å². The zero-order valence-corrected chi connectivity index (χ0v) is 74.4. The number of hydrogen-bond acceptors (Lipinski definition) is 12. The average Bonchev–Trinajstić information content (AvgIpc) is 1.58. The van der Waals surface area contributed by atoms with E-state index in [9.17, 15) is 29.1 Å². The van der Waals surface area contributed by atoms with E-state index in [1.165, 1.54) is 39.6 Å². The number of nitrogens with zero attached hydrogens (tertiary/aromatic N) is 5. The van der Waals surface area contributed by atoms with Gasteiger partial charge in [0, 0.05) is 66.5 Å². The Hall–Kier alpha value is -3.77. The second kappa shape index (κ2) is 32.9. The number of aromatic nitrogens is 1. The maximum atomic E-state index is 14.1. The number of H-pyrrole nitrogens is 1. The molecule has 0 aliphatic carbocycles. The maximum absolute atomic E-state index is 14.1. The van der Waals surface area contributed by atoms with Gasteiger partial charge in [-0.05, 0) is 138 Å². The van der Waals surface area contributed by atoms with Crippen molar-refractivity contribution in [2.45, 2.75) is 161 Å². The van der Waals surface area contributed by atoms with Crippen LogP contribution in [0.2, 0.25) is 128 Å². The second-order valence-electron chi connectivity index (χ2n) is 31.2. The summed E-state index contributed by atoms with van der Waals surface area (Å²) in [5.41, 5.74) is 7.87. The van der Waals surface area contributed by atoms with Crippen LogP contribution < -0.4 is 0 Å². The lowest BCUT2D eigenvalue weighted by Gasteiger charge is -2.26. The quantitative estimate of drug-likeness (QED) is 0.0331. The molecule has 7 aromatic heterocycles. The number of aromatic hydroxyl groups is 1. The van der Waals surface area contributed by atoms with E-state index in [0.29, 0.717) is 71.0 Å². The fourth-order valence-corrected chi connectivity index (χ4v) is 25.5. The van der Waals surface area contributed by atoms with Crippen molar-refractivity contribution < 1.29 is 29.1 Å². The number of fused-ring (bicyclic) bond motifs is 3. The summed E-state index contributed by atoms with van der Waals surface area (Å²) in [6.07, 6.45) is 5.27. The van der Waals surface area contributed by atoms with E-state index < -0.39 is 40.4 Å². The molecule has 0 spiro atoms. The van der Waals surface area contributed by atoms with Gasteiger partial charge in [0.15, 0.2) is 5.88 Å². The standard InChI is InChI=1S/C26H34Br2N2O2S2Si2.C26H36N2O2S2Si2.C14H8N2O2S2.C6H15ISi/c1-35(2,3)15-7-13-29-23(17-9-11-19(27)33-17)21-22(25(29)31)24(18-10-12-20(28)34-18)30(26(21)32)14-8-16-36(4,5)6;1-33(2,3)17-9-13-27-23(19-11-7-15-31-19)21-22(25(27)29)24(20-12-8-16-32-20)28(26(21)30)14-10-18-34(4,5)6;17-13-9-10(12(16-13)8-4-2-6-20-8)14(18)15-11(9)7-3-1-5-19-7;1-8(2,3)6-4-5-7/h9-12H,7-8,13-16H2,1-6H3;7-8,11-12,15-16H,9-10,13-14,17-18H2,1-6H3;1-6,15,18H;4-6H2,1-3H3. The van der Waals surface area contributed by atoms with E-state index in [0.717, 1.165) is 109 Å². The van der Waals surface area contributed by atoms with Crippen LogP contribution in [-0.2, 0) is 19.2 Å².